The number of nitro benzene ring substituents is 1. The largest absolute Gasteiger partial charge is 0.346 e. The standard InChI is InChI=1S/C11H14BrN3O3.ClH/c1-11(2,6-13)14-10(16)7-3-8(12)5-9(4-7)15(17)18;/h3-5H,6,13H2,1-2H3,(H,14,16);1H. The molecule has 106 valence electrons. The highest BCUT2D eigenvalue weighted by Gasteiger charge is 2.21. The Labute approximate surface area is 125 Å². The average Bonchev–Trinajstić information content (AvgIpc) is 2.27. The summed E-state index contributed by atoms with van der Waals surface area (Å²) in [6.45, 7) is 3.82. The van der Waals surface area contributed by atoms with Crippen LogP contribution < -0.4 is 11.1 Å². The van der Waals surface area contributed by atoms with Crippen LogP contribution in [0.2, 0.25) is 0 Å². The monoisotopic (exact) mass is 351 g/mol. The number of halogens is 2. The third-order valence-electron chi connectivity index (χ3n) is 2.32. The minimum atomic E-state index is -0.561. The number of benzene rings is 1. The van der Waals surface area contributed by atoms with Gasteiger partial charge in [-0.2, -0.15) is 0 Å². The van der Waals surface area contributed by atoms with Crippen LogP contribution in [0.4, 0.5) is 5.69 Å². The van der Waals surface area contributed by atoms with Crippen molar-refractivity contribution in [1.82, 2.24) is 5.32 Å². The van der Waals surface area contributed by atoms with Crippen LogP contribution >= 0.6 is 28.3 Å². The van der Waals surface area contributed by atoms with Crippen molar-refractivity contribution in [1.29, 1.82) is 0 Å². The Morgan fingerprint density at radius 1 is 1.47 bits per heavy atom. The highest BCUT2D eigenvalue weighted by Crippen LogP contribution is 2.21. The number of nitrogens with two attached hydrogens (primary N) is 1. The number of nitrogens with zero attached hydrogens (tertiary/aromatic N) is 1. The van der Waals surface area contributed by atoms with Gasteiger partial charge in [0.25, 0.3) is 11.6 Å². The maximum atomic E-state index is 11.9. The normalized spacial score (nSPS) is 10.5. The van der Waals surface area contributed by atoms with E-state index in [4.69, 9.17) is 5.73 Å². The first-order valence-corrected chi connectivity index (χ1v) is 6.02. The summed E-state index contributed by atoms with van der Waals surface area (Å²) in [5.74, 6) is -0.394. The molecule has 0 spiro atoms. The molecule has 1 rings (SSSR count). The van der Waals surface area contributed by atoms with Crippen molar-refractivity contribution in [3.63, 3.8) is 0 Å². The molecule has 0 saturated carbocycles. The number of rotatable bonds is 4. The van der Waals surface area contributed by atoms with Crippen molar-refractivity contribution in [3.05, 3.63) is 38.3 Å². The number of nitro groups is 1. The van der Waals surface area contributed by atoms with Gasteiger partial charge in [-0.25, -0.2) is 0 Å². The first-order chi connectivity index (χ1) is 8.25. The van der Waals surface area contributed by atoms with Gasteiger partial charge in [0, 0.05) is 34.3 Å². The van der Waals surface area contributed by atoms with Gasteiger partial charge in [0.2, 0.25) is 0 Å². The van der Waals surface area contributed by atoms with Crippen LogP contribution in [0.3, 0.4) is 0 Å². The first kappa shape index (κ1) is 17.8. The molecule has 1 amide bonds. The second-order valence-electron chi connectivity index (χ2n) is 4.50. The molecule has 0 radical (unpaired) electrons. The Morgan fingerprint density at radius 2 is 2.05 bits per heavy atom. The molecular formula is C11H15BrClN3O3. The van der Waals surface area contributed by atoms with E-state index in [1.807, 2.05) is 0 Å². The van der Waals surface area contributed by atoms with Crippen molar-refractivity contribution >= 4 is 39.9 Å². The van der Waals surface area contributed by atoms with Crippen LogP contribution in [0, 0.1) is 10.1 Å². The summed E-state index contributed by atoms with van der Waals surface area (Å²) in [5.41, 5.74) is 5.03. The third kappa shape index (κ3) is 5.14. The summed E-state index contributed by atoms with van der Waals surface area (Å²) in [4.78, 5) is 22.1. The molecule has 0 aliphatic heterocycles. The van der Waals surface area contributed by atoms with Gasteiger partial charge in [0.05, 0.1) is 4.92 Å². The van der Waals surface area contributed by atoms with E-state index in [2.05, 4.69) is 21.2 Å². The number of nitrogens with one attached hydrogen (secondary N) is 1. The van der Waals surface area contributed by atoms with Crippen molar-refractivity contribution in [2.24, 2.45) is 5.73 Å². The number of amides is 1. The smallest absolute Gasteiger partial charge is 0.271 e. The molecule has 0 aromatic heterocycles. The number of carbonyl (C=O) groups excluding carboxylic acids is 1. The fraction of sp³-hybridized carbons (Fsp3) is 0.364. The Hall–Kier alpha value is -1.18. The lowest BCUT2D eigenvalue weighted by Gasteiger charge is -2.24. The summed E-state index contributed by atoms with van der Waals surface area (Å²) in [5, 5.41) is 13.4. The fourth-order valence-electron chi connectivity index (χ4n) is 1.24. The van der Waals surface area contributed by atoms with E-state index in [1.54, 1.807) is 13.8 Å². The molecule has 19 heavy (non-hydrogen) atoms. The highest BCUT2D eigenvalue weighted by molar-refractivity contribution is 9.10. The number of hydrogen-bond donors (Lipinski definition) is 2. The number of hydrogen-bond acceptors (Lipinski definition) is 4. The van der Waals surface area contributed by atoms with E-state index >= 15 is 0 Å². The Kier molecular flexibility index (Phi) is 6.41. The summed E-state index contributed by atoms with van der Waals surface area (Å²) >= 11 is 3.14. The Bertz CT molecular complexity index is 494. The van der Waals surface area contributed by atoms with Crippen molar-refractivity contribution in [3.8, 4) is 0 Å². The molecule has 0 aliphatic carbocycles. The Balaban J connectivity index is 0.00000324. The van der Waals surface area contributed by atoms with Gasteiger partial charge in [-0.1, -0.05) is 15.9 Å². The second kappa shape index (κ2) is 6.83. The quantitative estimate of drug-likeness (QED) is 0.641. The molecular weight excluding hydrogens is 337 g/mol. The third-order valence-corrected chi connectivity index (χ3v) is 2.78. The number of non-ortho nitro benzene ring substituents is 1. The minimum Gasteiger partial charge on any atom is -0.346 e. The van der Waals surface area contributed by atoms with E-state index in [1.165, 1.54) is 18.2 Å². The van der Waals surface area contributed by atoms with Gasteiger partial charge in [-0.05, 0) is 19.9 Å². The van der Waals surface area contributed by atoms with Crippen LogP contribution in [0.5, 0.6) is 0 Å². The topological polar surface area (TPSA) is 98.3 Å². The molecule has 0 unspecified atom stereocenters. The molecule has 6 nitrogen and oxygen atoms in total. The van der Waals surface area contributed by atoms with Gasteiger partial charge < -0.3 is 11.1 Å². The van der Waals surface area contributed by atoms with E-state index in [-0.39, 0.29) is 30.2 Å². The molecule has 1 aromatic rings. The van der Waals surface area contributed by atoms with Gasteiger partial charge in [-0.15, -0.1) is 12.4 Å². The van der Waals surface area contributed by atoms with E-state index in [0.717, 1.165) is 0 Å². The van der Waals surface area contributed by atoms with Crippen molar-refractivity contribution < 1.29 is 9.72 Å². The lowest BCUT2D eigenvalue weighted by atomic mass is 10.1. The van der Waals surface area contributed by atoms with Crippen molar-refractivity contribution in [2.45, 2.75) is 19.4 Å². The zero-order valence-corrected chi connectivity index (χ0v) is 12.9. The van der Waals surface area contributed by atoms with E-state index < -0.39 is 16.4 Å². The zero-order valence-electron chi connectivity index (χ0n) is 10.5. The van der Waals surface area contributed by atoms with Crippen LogP contribution in [-0.2, 0) is 0 Å². The predicted molar refractivity (Wildman–Crippen MR) is 78.6 cm³/mol. The van der Waals surface area contributed by atoms with Crippen LogP contribution in [0.1, 0.15) is 24.2 Å². The molecule has 8 heteroatoms. The predicted octanol–water partition coefficient (Wildman–Crippen LogP) is 2.25. The summed E-state index contributed by atoms with van der Waals surface area (Å²) in [7, 11) is 0. The molecule has 0 heterocycles. The fourth-order valence-corrected chi connectivity index (χ4v) is 1.72. The van der Waals surface area contributed by atoms with Gasteiger partial charge in [-0.3, -0.25) is 14.9 Å². The lowest BCUT2D eigenvalue weighted by Crippen LogP contribution is -2.48. The maximum absolute atomic E-state index is 11.9. The minimum absolute atomic E-state index is 0. The molecule has 0 saturated heterocycles. The molecule has 0 aliphatic rings. The lowest BCUT2D eigenvalue weighted by molar-refractivity contribution is -0.385. The maximum Gasteiger partial charge on any atom is 0.271 e. The van der Waals surface area contributed by atoms with Crippen LogP contribution in [0.25, 0.3) is 0 Å². The van der Waals surface area contributed by atoms with E-state index in [9.17, 15) is 14.9 Å². The second-order valence-corrected chi connectivity index (χ2v) is 5.41. The van der Waals surface area contributed by atoms with Crippen LogP contribution in [0.15, 0.2) is 22.7 Å². The van der Waals surface area contributed by atoms with Crippen LogP contribution in [-0.4, -0.2) is 22.9 Å². The van der Waals surface area contributed by atoms with Crippen molar-refractivity contribution in [2.75, 3.05) is 6.54 Å². The van der Waals surface area contributed by atoms with Gasteiger partial charge in [0.1, 0.15) is 0 Å². The first-order valence-electron chi connectivity index (χ1n) is 5.23. The Morgan fingerprint density at radius 3 is 2.53 bits per heavy atom. The van der Waals surface area contributed by atoms with E-state index in [0.29, 0.717) is 4.47 Å². The molecule has 3 N–H and O–H groups in total. The van der Waals surface area contributed by atoms with Gasteiger partial charge >= 0.3 is 0 Å². The molecule has 1 aromatic carbocycles. The molecule has 0 bridgehead atoms. The SMILES string of the molecule is CC(C)(CN)NC(=O)c1cc(Br)cc([N+](=O)[O-])c1.Cl. The van der Waals surface area contributed by atoms with Gasteiger partial charge in [0.15, 0.2) is 0 Å². The summed E-state index contributed by atoms with van der Waals surface area (Å²) in [6.07, 6.45) is 0. The summed E-state index contributed by atoms with van der Waals surface area (Å²) < 4.78 is 0.479. The molecule has 0 fully saturated rings. The average molecular weight is 353 g/mol. The molecule has 0 atom stereocenters. The zero-order chi connectivity index (χ0) is 13.9. The highest BCUT2D eigenvalue weighted by atomic mass is 79.9. The number of carbonyl (C=O) groups is 1. The summed E-state index contributed by atoms with van der Waals surface area (Å²) in [6, 6.07) is 4.09.